The van der Waals surface area contributed by atoms with Gasteiger partial charge in [0.15, 0.2) is 0 Å². The third kappa shape index (κ3) is 5.45. The van der Waals surface area contributed by atoms with Crippen LogP contribution in [0, 0.1) is 0 Å². The minimum absolute atomic E-state index is 0.247. The van der Waals surface area contributed by atoms with Gasteiger partial charge in [-0.1, -0.05) is 25.1 Å². The summed E-state index contributed by atoms with van der Waals surface area (Å²) in [6.45, 7) is 7.13. The van der Waals surface area contributed by atoms with Crippen molar-refractivity contribution in [3.8, 4) is 0 Å². The number of amides is 3. The first-order valence-corrected chi connectivity index (χ1v) is 9.27. The summed E-state index contributed by atoms with van der Waals surface area (Å²) >= 11 is 0. The molecule has 1 aromatic rings. The van der Waals surface area contributed by atoms with E-state index in [9.17, 15) is 14.4 Å². The number of nitrogens with zero attached hydrogens (tertiary/aromatic N) is 1. The summed E-state index contributed by atoms with van der Waals surface area (Å²) in [5.41, 5.74) is 1.17. The number of fused-ring (bicyclic) bond motifs is 1. The molecule has 1 heterocycles. The minimum Gasteiger partial charge on any atom is -0.444 e. The molecule has 148 valence electrons. The topological polar surface area (TPSA) is 87.7 Å². The Hall–Kier alpha value is -2.57. The number of para-hydroxylation sites is 1. The maximum Gasteiger partial charge on any atom is 0.410 e. The van der Waals surface area contributed by atoms with Crippen LogP contribution in [0.2, 0.25) is 0 Å². The van der Waals surface area contributed by atoms with Gasteiger partial charge in [-0.15, -0.1) is 0 Å². The molecule has 0 radical (unpaired) electrons. The van der Waals surface area contributed by atoms with Crippen LogP contribution in [0.1, 0.15) is 46.1 Å². The van der Waals surface area contributed by atoms with E-state index in [0.29, 0.717) is 19.3 Å². The Labute approximate surface area is 160 Å². The Balaban J connectivity index is 2.04. The molecular formula is C20H29N3O4. The Morgan fingerprint density at radius 3 is 2.63 bits per heavy atom. The molecule has 2 atom stereocenters. The van der Waals surface area contributed by atoms with Gasteiger partial charge in [0.1, 0.15) is 17.7 Å². The Bertz CT molecular complexity index is 711. The molecule has 2 N–H and O–H groups in total. The van der Waals surface area contributed by atoms with Gasteiger partial charge in [-0.25, -0.2) is 4.79 Å². The lowest BCUT2D eigenvalue weighted by atomic mass is 10.1. The quantitative estimate of drug-likeness (QED) is 0.847. The van der Waals surface area contributed by atoms with Crippen LogP contribution in [0.15, 0.2) is 24.3 Å². The first-order chi connectivity index (χ1) is 12.6. The van der Waals surface area contributed by atoms with Crippen LogP contribution in [0.5, 0.6) is 0 Å². The fraction of sp³-hybridized carbons (Fsp3) is 0.550. The molecule has 1 aliphatic heterocycles. The van der Waals surface area contributed by atoms with Gasteiger partial charge in [-0.2, -0.15) is 0 Å². The highest BCUT2D eigenvalue weighted by Crippen LogP contribution is 2.22. The number of likely N-dealkylation sites (N-methyl/N-ethyl adjacent to an activating group) is 1. The summed E-state index contributed by atoms with van der Waals surface area (Å²) < 4.78 is 5.33. The molecule has 2 rings (SSSR count). The van der Waals surface area contributed by atoms with E-state index in [1.165, 1.54) is 11.9 Å². The summed E-state index contributed by atoms with van der Waals surface area (Å²) in [4.78, 5) is 38.8. The number of aryl methyl sites for hydroxylation is 1. The van der Waals surface area contributed by atoms with Gasteiger partial charge in [0, 0.05) is 12.7 Å². The molecule has 27 heavy (non-hydrogen) atoms. The van der Waals surface area contributed by atoms with E-state index in [0.717, 1.165) is 11.3 Å². The molecular weight excluding hydrogens is 346 g/mol. The van der Waals surface area contributed by atoms with Crippen LogP contribution < -0.4 is 10.6 Å². The second-order valence-electron chi connectivity index (χ2n) is 7.76. The molecule has 0 spiro atoms. The average Bonchev–Trinajstić information content (AvgIpc) is 2.73. The number of nitrogens with one attached hydrogen (secondary N) is 2. The van der Waals surface area contributed by atoms with E-state index in [1.54, 1.807) is 20.8 Å². The van der Waals surface area contributed by atoms with Gasteiger partial charge < -0.3 is 15.4 Å². The van der Waals surface area contributed by atoms with E-state index in [1.807, 2.05) is 31.2 Å². The molecule has 7 heteroatoms. The highest BCUT2D eigenvalue weighted by atomic mass is 16.6. The monoisotopic (exact) mass is 375 g/mol. The average molecular weight is 375 g/mol. The van der Waals surface area contributed by atoms with E-state index >= 15 is 0 Å². The summed E-state index contributed by atoms with van der Waals surface area (Å²) in [6.07, 6.45) is 1.03. The van der Waals surface area contributed by atoms with Crippen molar-refractivity contribution in [2.24, 2.45) is 0 Å². The normalized spacial score (nSPS) is 17.8. The van der Waals surface area contributed by atoms with Gasteiger partial charge in [0.25, 0.3) is 0 Å². The first-order valence-electron chi connectivity index (χ1n) is 9.27. The van der Waals surface area contributed by atoms with Crippen LogP contribution in [0.3, 0.4) is 0 Å². The summed E-state index contributed by atoms with van der Waals surface area (Å²) in [5.74, 6) is -0.611. The molecule has 0 fully saturated rings. The number of benzene rings is 1. The highest BCUT2D eigenvalue weighted by Gasteiger charge is 2.32. The molecule has 1 aromatic carbocycles. The minimum atomic E-state index is -0.710. The largest absolute Gasteiger partial charge is 0.444 e. The van der Waals surface area contributed by atoms with Crippen LogP contribution in [0.4, 0.5) is 10.5 Å². The van der Waals surface area contributed by atoms with E-state index < -0.39 is 23.8 Å². The third-order valence-corrected chi connectivity index (χ3v) is 4.45. The Kier molecular flexibility index (Phi) is 6.46. The van der Waals surface area contributed by atoms with Crippen molar-refractivity contribution in [3.05, 3.63) is 29.8 Å². The summed E-state index contributed by atoms with van der Waals surface area (Å²) in [7, 11) is 1.53. The molecule has 0 bridgehead atoms. The van der Waals surface area contributed by atoms with Crippen LogP contribution in [0.25, 0.3) is 0 Å². The SMILES string of the molecule is CC[C@@H](C(=O)NC1CCc2ccccc2NC1=O)N(C)C(=O)OC(C)(C)C. The van der Waals surface area contributed by atoms with E-state index in [-0.39, 0.29) is 11.8 Å². The standard InChI is InChI=1S/C20H29N3O4/c1-6-16(23(5)19(26)27-20(2,3)4)18(25)22-15-12-11-13-9-7-8-10-14(13)21-17(15)24/h7-10,15-16H,6,11-12H2,1-5H3,(H,21,24)(H,22,25)/t15?,16-/m0/s1. The van der Waals surface area contributed by atoms with Crippen molar-refractivity contribution in [2.45, 2.75) is 64.6 Å². The van der Waals surface area contributed by atoms with Crippen LogP contribution in [-0.4, -0.2) is 47.5 Å². The lowest BCUT2D eigenvalue weighted by Crippen LogP contribution is -2.53. The van der Waals surface area contributed by atoms with Crippen molar-refractivity contribution in [2.75, 3.05) is 12.4 Å². The Morgan fingerprint density at radius 1 is 1.33 bits per heavy atom. The van der Waals surface area contributed by atoms with Gasteiger partial charge in [0.05, 0.1) is 0 Å². The molecule has 7 nitrogen and oxygen atoms in total. The predicted octanol–water partition coefficient (Wildman–Crippen LogP) is 2.70. The predicted molar refractivity (Wildman–Crippen MR) is 103 cm³/mol. The molecule has 3 amide bonds. The van der Waals surface area contributed by atoms with Gasteiger partial charge in [-0.3, -0.25) is 14.5 Å². The second-order valence-corrected chi connectivity index (χ2v) is 7.76. The molecule has 0 saturated carbocycles. The second kappa shape index (κ2) is 8.41. The van der Waals surface area contributed by atoms with Crippen molar-refractivity contribution in [1.29, 1.82) is 0 Å². The summed E-state index contributed by atoms with van der Waals surface area (Å²) in [5, 5.41) is 5.65. The fourth-order valence-corrected chi connectivity index (χ4v) is 3.01. The van der Waals surface area contributed by atoms with Gasteiger partial charge in [0.2, 0.25) is 11.8 Å². The van der Waals surface area contributed by atoms with Crippen molar-refractivity contribution in [1.82, 2.24) is 10.2 Å². The summed E-state index contributed by atoms with van der Waals surface area (Å²) in [6, 6.07) is 6.24. The number of rotatable bonds is 4. The number of carbonyl (C=O) groups is 3. The lowest BCUT2D eigenvalue weighted by molar-refractivity contribution is -0.130. The number of hydrogen-bond acceptors (Lipinski definition) is 4. The molecule has 0 saturated heterocycles. The molecule has 0 aromatic heterocycles. The maximum atomic E-state index is 12.7. The fourth-order valence-electron chi connectivity index (χ4n) is 3.01. The van der Waals surface area contributed by atoms with Gasteiger partial charge >= 0.3 is 6.09 Å². The van der Waals surface area contributed by atoms with E-state index in [4.69, 9.17) is 4.74 Å². The number of carbonyl (C=O) groups excluding carboxylic acids is 3. The van der Waals surface area contributed by atoms with Crippen molar-refractivity contribution >= 4 is 23.6 Å². The smallest absolute Gasteiger partial charge is 0.410 e. The van der Waals surface area contributed by atoms with Gasteiger partial charge in [-0.05, 0) is 51.7 Å². The zero-order valence-corrected chi connectivity index (χ0v) is 16.7. The first kappa shape index (κ1) is 20.7. The number of anilines is 1. The Morgan fingerprint density at radius 2 is 2.00 bits per heavy atom. The van der Waals surface area contributed by atoms with Crippen molar-refractivity contribution < 1.29 is 19.1 Å². The lowest BCUT2D eigenvalue weighted by Gasteiger charge is -2.30. The van der Waals surface area contributed by atoms with Crippen LogP contribution in [-0.2, 0) is 20.7 Å². The zero-order chi connectivity index (χ0) is 20.2. The molecule has 1 aliphatic rings. The van der Waals surface area contributed by atoms with Crippen LogP contribution >= 0.6 is 0 Å². The number of hydrogen-bond donors (Lipinski definition) is 2. The van der Waals surface area contributed by atoms with Crippen molar-refractivity contribution in [3.63, 3.8) is 0 Å². The van der Waals surface area contributed by atoms with E-state index in [2.05, 4.69) is 10.6 Å². The third-order valence-electron chi connectivity index (χ3n) is 4.45. The maximum absolute atomic E-state index is 12.7. The molecule has 0 aliphatic carbocycles. The number of ether oxygens (including phenoxy) is 1. The highest BCUT2D eigenvalue weighted by molar-refractivity contribution is 5.99. The zero-order valence-electron chi connectivity index (χ0n) is 16.7. The molecule has 1 unspecified atom stereocenters.